The van der Waals surface area contributed by atoms with Crippen molar-refractivity contribution in [3.63, 3.8) is 0 Å². The largest absolute Gasteiger partial charge is 0.394 e. The third kappa shape index (κ3) is 3.78. The third-order valence-electron chi connectivity index (χ3n) is 4.22. The van der Waals surface area contributed by atoms with Crippen LogP contribution in [-0.2, 0) is 13.1 Å². The van der Waals surface area contributed by atoms with Crippen LogP contribution in [0.1, 0.15) is 38.2 Å². The zero-order valence-corrected chi connectivity index (χ0v) is 11.7. The van der Waals surface area contributed by atoms with Crippen molar-refractivity contribution in [3.05, 3.63) is 18.0 Å². The van der Waals surface area contributed by atoms with Gasteiger partial charge in [-0.1, -0.05) is 6.92 Å². The minimum absolute atomic E-state index is 0.104. The van der Waals surface area contributed by atoms with Crippen molar-refractivity contribution < 1.29 is 10.2 Å². The van der Waals surface area contributed by atoms with E-state index in [0.717, 1.165) is 30.9 Å². The van der Waals surface area contributed by atoms with Gasteiger partial charge in [-0.3, -0.25) is 4.68 Å². The molecule has 5 heteroatoms. The van der Waals surface area contributed by atoms with E-state index in [4.69, 9.17) is 5.11 Å². The average molecular weight is 267 g/mol. The minimum Gasteiger partial charge on any atom is -0.394 e. The Bertz CT molecular complexity index is 384. The molecule has 1 aliphatic carbocycles. The molecule has 0 bridgehead atoms. The van der Waals surface area contributed by atoms with Crippen LogP contribution in [0.5, 0.6) is 0 Å². The van der Waals surface area contributed by atoms with Crippen LogP contribution < -0.4 is 5.32 Å². The maximum Gasteiger partial charge on any atom is 0.0640 e. The van der Waals surface area contributed by atoms with E-state index in [-0.39, 0.29) is 18.8 Å². The van der Waals surface area contributed by atoms with Gasteiger partial charge >= 0.3 is 0 Å². The van der Waals surface area contributed by atoms with Crippen LogP contribution in [0.25, 0.3) is 0 Å². The predicted octanol–water partition coefficient (Wildman–Crippen LogP) is 0.906. The van der Waals surface area contributed by atoms with Crippen LogP contribution >= 0.6 is 0 Å². The number of hydrogen-bond acceptors (Lipinski definition) is 4. The molecule has 0 unspecified atom stereocenters. The van der Waals surface area contributed by atoms with E-state index in [9.17, 15) is 5.11 Å². The highest BCUT2D eigenvalue weighted by Gasteiger charge is 2.32. The molecule has 1 aromatic rings. The molecule has 0 saturated heterocycles. The SMILES string of the molecule is CC1CCC(CO)(NCc2cnn(CCO)c2)CC1. The van der Waals surface area contributed by atoms with Gasteiger partial charge in [0.25, 0.3) is 0 Å². The summed E-state index contributed by atoms with van der Waals surface area (Å²) < 4.78 is 1.74. The molecule has 0 aliphatic heterocycles. The molecule has 108 valence electrons. The predicted molar refractivity (Wildman–Crippen MR) is 73.6 cm³/mol. The van der Waals surface area contributed by atoms with E-state index in [1.54, 1.807) is 4.68 Å². The molecule has 0 amide bonds. The topological polar surface area (TPSA) is 70.3 Å². The molecule has 0 spiro atoms. The Morgan fingerprint density at radius 3 is 2.79 bits per heavy atom. The normalized spacial score (nSPS) is 27.6. The fourth-order valence-electron chi connectivity index (χ4n) is 2.72. The van der Waals surface area contributed by atoms with Crippen molar-refractivity contribution in [2.75, 3.05) is 13.2 Å². The number of nitrogens with zero attached hydrogens (tertiary/aromatic N) is 2. The second kappa shape index (κ2) is 6.50. The van der Waals surface area contributed by atoms with Crippen LogP contribution in [0, 0.1) is 5.92 Å². The van der Waals surface area contributed by atoms with Gasteiger partial charge in [-0.05, 0) is 31.6 Å². The standard InChI is InChI=1S/C14H25N3O2/c1-12-2-4-14(11-19,5-3-12)15-8-13-9-16-17(10-13)6-7-18/h9-10,12,15,18-19H,2-8,11H2,1H3. The Morgan fingerprint density at radius 2 is 2.16 bits per heavy atom. The maximum atomic E-state index is 9.68. The number of rotatable bonds is 6. The quantitative estimate of drug-likeness (QED) is 0.716. The van der Waals surface area contributed by atoms with Crippen molar-refractivity contribution in [1.29, 1.82) is 0 Å². The Labute approximate surface area is 114 Å². The van der Waals surface area contributed by atoms with Crippen LogP contribution in [0.15, 0.2) is 12.4 Å². The number of aromatic nitrogens is 2. The molecule has 0 aromatic carbocycles. The minimum atomic E-state index is -0.119. The van der Waals surface area contributed by atoms with E-state index in [1.807, 2.05) is 12.4 Å². The lowest BCUT2D eigenvalue weighted by Crippen LogP contribution is -2.50. The van der Waals surface area contributed by atoms with E-state index < -0.39 is 0 Å². The number of aliphatic hydroxyl groups is 2. The Morgan fingerprint density at radius 1 is 1.42 bits per heavy atom. The van der Waals surface area contributed by atoms with Crippen molar-refractivity contribution >= 4 is 0 Å². The fourth-order valence-corrected chi connectivity index (χ4v) is 2.72. The lowest BCUT2D eigenvalue weighted by atomic mass is 9.77. The molecule has 0 atom stereocenters. The first-order valence-electron chi connectivity index (χ1n) is 7.15. The highest BCUT2D eigenvalue weighted by molar-refractivity contribution is 5.05. The monoisotopic (exact) mass is 267 g/mol. The van der Waals surface area contributed by atoms with Gasteiger partial charge in [0.2, 0.25) is 0 Å². The number of hydrogen-bond donors (Lipinski definition) is 3. The summed E-state index contributed by atoms with van der Waals surface area (Å²) in [5.74, 6) is 0.772. The van der Waals surface area contributed by atoms with Crippen LogP contribution in [0.2, 0.25) is 0 Å². The summed E-state index contributed by atoms with van der Waals surface area (Å²) in [6.07, 6.45) is 8.19. The Kier molecular flexibility index (Phi) is 4.96. The van der Waals surface area contributed by atoms with E-state index >= 15 is 0 Å². The molecule has 1 saturated carbocycles. The van der Waals surface area contributed by atoms with Crippen molar-refractivity contribution in [2.45, 2.75) is 51.2 Å². The van der Waals surface area contributed by atoms with Gasteiger partial charge in [-0.15, -0.1) is 0 Å². The first-order valence-corrected chi connectivity index (χ1v) is 7.15. The maximum absolute atomic E-state index is 9.68. The molecule has 1 fully saturated rings. The molecule has 1 aliphatic rings. The summed E-state index contributed by atoms with van der Waals surface area (Å²) in [6, 6.07) is 0. The average Bonchev–Trinajstić information content (AvgIpc) is 2.87. The molecule has 1 heterocycles. The summed E-state index contributed by atoms with van der Waals surface area (Å²) in [6.45, 7) is 3.83. The summed E-state index contributed by atoms with van der Waals surface area (Å²) in [5.41, 5.74) is 0.978. The van der Waals surface area contributed by atoms with Gasteiger partial charge in [0.15, 0.2) is 0 Å². The molecular formula is C14H25N3O2. The van der Waals surface area contributed by atoms with E-state index in [0.29, 0.717) is 6.54 Å². The summed E-state index contributed by atoms with van der Waals surface area (Å²) >= 11 is 0. The number of aliphatic hydroxyl groups excluding tert-OH is 2. The van der Waals surface area contributed by atoms with E-state index in [1.165, 1.54) is 12.8 Å². The highest BCUT2D eigenvalue weighted by Crippen LogP contribution is 2.31. The summed E-state index contributed by atoms with van der Waals surface area (Å²) in [4.78, 5) is 0. The second-order valence-corrected chi connectivity index (χ2v) is 5.81. The molecule has 2 rings (SSSR count). The lowest BCUT2D eigenvalue weighted by molar-refractivity contribution is 0.104. The van der Waals surface area contributed by atoms with Gasteiger partial charge in [0.05, 0.1) is 26.0 Å². The van der Waals surface area contributed by atoms with Crippen molar-refractivity contribution in [1.82, 2.24) is 15.1 Å². The second-order valence-electron chi connectivity index (χ2n) is 5.81. The van der Waals surface area contributed by atoms with Crippen molar-refractivity contribution in [2.24, 2.45) is 5.92 Å². The first-order chi connectivity index (χ1) is 9.17. The van der Waals surface area contributed by atoms with Gasteiger partial charge in [-0.25, -0.2) is 0 Å². The smallest absolute Gasteiger partial charge is 0.0640 e. The highest BCUT2D eigenvalue weighted by atomic mass is 16.3. The molecule has 19 heavy (non-hydrogen) atoms. The first kappa shape index (κ1) is 14.5. The fraction of sp³-hybridized carbons (Fsp3) is 0.786. The van der Waals surface area contributed by atoms with Crippen LogP contribution in [0.3, 0.4) is 0 Å². The van der Waals surface area contributed by atoms with E-state index in [2.05, 4.69) is 17.3 Å². The zero-order valence-electron chi connectivity index (χ0n) is 11.7. The molecule has 5 nitrogen and oxygen atoms in total. The van der Waals surface area contributed by atoms with Crippen LogP contribution in [-0.4, -0.2) is 38.7 Å². The van der Waals surface area contributed by atoms with Gasteiger partial charge in [0, 0.05) is 23.8 Å². The summed E-state index contributed by atoms with van der Waals surface area (Å²) in [5, 5.41) is 26.2. The molecular weight excluding hydrogens is 242 g/mol. The lowest BCUT2D eigenvalue weighted by Gasteiger charge is -2.39. The zero-order chi connectivity index (χ0) is 13.7. The van der Waals surface area contributed by atoms with Crippen molar-refractivity contribution in [3.8, 4) is 0 Å². The Balaban J connectivity index is 1.88. The third-order valence-corrected chi connectivity index (χ3v) is 4.22. The molecule has 0 radical (unpaired) electrons. The molecule has 1 aromatic heterocycles. The van der Waals surface area contributed by atoms with Gasteiger partial charge < -0.3 is 15.5 Å². The summed E-state index contributed by atoms with van der Waals surface area (Å²) in [7, 11) is 0. The Hall–Kier alpha value is -0.910. The molecule has 3 N–H and O–H groups in total. The number of nitrogens with one attached hydrogen (secondary N) is 1. The van der Waals surface area contributed by atoms with Crippen LogP contribution in [0.4, 0.5) is 0 Å². The van der Waals surface area contributed by atoms with Gasteiger partial charge in [-0.2, -0.15) is 5.10 Å². The van der Waals surface area contributed by atoms with Gasteiger partial charge in [0.1, 0.15) is 0 Å².